The zero-order valence-corrected chi connectivity index (χ0v) is 18.1. The van der Waals surface area contributed by atoms with Crippen LogP contribution in [0.1, 0.15) is 31.0 Å². The van der Waals surface area contributed by atoms with Gasteiger partial charge >= 0.3 is 5.97 Å². The second-order valence-electron chi connectivity index (χ2n) is 7.40. The Labute approximate surface area is 187 Å². The molecule has 1 aliphatic rings. The lowest BCUT2D eigenvalue weighted by atomic mass is 10.1. The van der Waals surface area contributed by atoms with Crippen molar-refractivity contribution in [1.82, 2.24) is 20.2 Å². The summed E-state index contributed by atoms with van der Waals surface area (Å²) in [4.78, 5) is 46.0. The molecule has 168 valence electrons. The van der Waals surface area contributed by atoms with E-state index in [2.05, 4.69) is 15.3 Å². The molecule has 0 bridgehead atoms. The fourth-order valence-corrected chi connectivity index (χ4v) is 3.46. The fraction of sp³-hybridized carbons (Fsp3) is 0.429. The minimum Gasteiger partial charge on any atom is -0.459 e. The Morgan fingerprint density at radius 2 is 2.06 bits per heavy atom. The van der Waals surface area contributed by atoms with Gasteiger partial charge in [0.2, 0.25) is 11.8 Å². The highest BCUT2D eigenvalue weighted by atomic mass is 35.5. The molecule has 2 heterocycles. The first-order valence-electron chi connectivity index (χ1n) is 10.00. The van der Waals surface area contributed by atoms with Gasteiger partial charge in [-0.1, -0.05) is 30.3 Å². The van der Waals surface area contributed by atoms with Gasteiger partial charge in [0, 0.05) is 24.9 Å². The number of carbonyl (C=O) groups is 3. The van der Waals surface area contributed by atoms with Crippen LogP contribution in [0.4, 0.5) is 0 Å². The van der Waals surface area contributed by atoms with E-state index in [1.807, 2.05) is 30.3 Å². The van der Waals surface area contributed by atoms with Crippen molar-refractivity contribution >= 4 is 30.2 Å². The predicted molar refractivity (Wildman–Crippen MR) is 116 cm³/mol. The number of benzene rings is 1. The van der Waals surface area contributed by atoms with Crippen molar-refractivity contribution in [2.45, 2.75) is 50.9 Å². The van der Waals surface area contributed by atoms with Gasteiger partial charge in [-0.3, -0.25) is 9.59 Å². The maximum absolute atomic E-state index is 12.8. The molecule has 9 nitrogen and oxygen atoms in total. The molecule has 0 spiro atoms. The quantitative estimate of drug-likeness (QED) is 0.514. The van der Waals surface area contributed by atoms with Gasteiger partial charge in [-0.05, 0) is 25.3 Å². The SMILES string of the molecule is C[C@@H](NC(=O)[C@@H]1CCCN1C(=O)[C@@H](N)Cc1cnc[nH]1)C(=O)OCc1ccccc1.Cl. The minimum absolute atomic E-state index is 0. The largest absolute Gasteiger partial charge is 0.459 e. The molecular weight excluding hydrogens is 422 g/mol. The van der Waals surface area contributed by atoms with Crippen LogP contribution >= 0.6 is 12.4 Å². The van der Waals surface area contributed by atoms with Crippen LogP contribution < -0.4 is 11.1 Å². The number of aromatic nitrogens is 2. The number of halogens is 1. The van der Waals surface area contributed by atoms with Gasteiger partial charge in [0.05, 0.1) is 12.4 Å². The van der Waals surface area contributed by atoms with E-state index in [0.717, 1.165) is 11.3 Å². The summed E-state index contributed by atoms with van der Waals surface area (Å²) in [6.07, 6.45) is 4.68. The number of hydrogen-bond acceptors (Lipinski definition) is 6. The molecule has 0 radical (unpaired) electrons. The van der Waals surface area contributed by atoms with Crippen LogP contribution in [0.3, 0.4) is 0 Å². The Kier molecular flexibility index (Phi) is 9.02. The van der Waals surface area contributed by atoms with Gasteiger partial charge in [0.15, 0.2) is 0 Å². The topological polar surface area (TPSA) is 130 Å². The molecule has 2 aromatic rings. The molecule has 1 saturated heterocycles. The summed E-state index contributed by atoms with van der Waals surface area (Å²) in [5.74, 6) is -1.20. The zero-order valence-electron chi connectivity index (χ0n) is 17.3. The summed E-state index contributed by atoms with van der Waals surface area (Å²) >= 11 is 0. The van der Waals surface area contributed by atoms with Crippen molar-refractivity contribution in [3.05, 3.63) is 54.1 Å². The Morgan fingerprint density at radius 3 is 2.74 bits per heavy atom. The van der Waals surface area contributed by atoms with Gasteiger partial charge in [0.25, 0.3) is 0 Å². The van der Waals surface area contributed by atoms with Crippen molar-refractivity contribution in [2.24, 2.45) is 5.73 Å². The summed E-state index contributed by atoms with van der Waals surface area (Å²) in [7, 11) is 0. The predicted octanol–water partition coefficient (Wildman–Crippen LogP) is 0.940. The highest BCUT2D eigenvalue weighted by Crippen LogP contribution is 2.19. The highest BCUT2D eigenvalue weighted by molar-refractivity contribution is 5.92. The third-order valence-electron chi connectivity index (χ3n) is 5.09. The average Bonchev–Trinajstić information content (AvgIpc) is 3.44. The Morgan fingerprint density at radius 1 is 1.32 bits per heavy atom. The molecule has 10 heteroatoms. The molecule has 4 N–H and O–H groups in total. The number of nitrogens with one attached hydrogen (secondary N) is 2. The van der Waals surface area contributed by atoms with E-state index in [4.69, 9.17) is 10.5 Å². The maximum Gasteiger partial charge on any atom is 0.328 e. The van der Waals surface area contributed by atoms with Crippen LogP contribution in [0.15, 0.2) is 42.9 Å². The molecule has 0 saturated carbocycles. The van der Waals surface area contributed by atoms with E-state index in [9.17, 15) is 14.4 Å². The number of likely N-dealkylation sites (tertiary alicyclic amines) is 1. The minimum atomic E-state index is -0.822. The normalized spacial score (nSPS) is 17.4. The van der Waals surface area contributed by atoms with Crippen LogP contribution in [0.5, 0.6) is 0 Å². The number of nitrogens with two attached hydrogens (primary N) is 1. The molecule has 1 aromatic heterocycles. The lowest BCUT2D eigenvalue weighted by Crippen LogP contribution is -2.53. The number of nitrogens with zero attached hydrogens (tertiary/aromatic N) is 2. The number of amides is 2. The number of hydrogen-bond donors (Lipinski definition) is 3. The number of esters is 1. The summed E-state index contributed by atoms with van der Waals surface area (Å²) < 4.78 is 5.26. The van der Waals surface area contributed by atoms with Gasteiger partial charge in [-0.15, -0.1) is 12.4 Å². The van der Waals surface area contributed by atoms with Gasteiger partial charge < -0.3 is 25.7 Å². The average molecular weight is 450 g/mol. The second-order valence-corrected chi connectivity index (χ2v) is 7.40. The molecule has 1 aliphatic heterocycles. The molecular formula is C21H28ClN5O4. The van der Waals surface area contributed by atoms with E-state index in [1.54, 1.807) is 13.1 Å². The fourth-order valence-electron chi connectivity index (χ4n) is 3.46. The van der Waals surface area contributed by atoms with Crippen molar-refractivity contribution in [3.63, 3.8) is 0 Å². The van der Waals surface area contributed by atoms with Gasteiger partial charge in [-0.2, -0.15) is 0 Å². The van der Waals surface area contributed by atoms with Crippen LogP contribution in [0.25, 0.3) is 0 Å². The molecule has 1 fully saturated rings. The number of carbonyl (C=O) groups excluding carboxylic acids is 3. The van der Waals surface area contributed by atoms with Crippen molar-refractivity contribution in [3.8, 4) is 0 Å². The van der Waals surface area contributed by atoms with Crippen molar-refractivity contribution in [2.75, 3.05) is 6.54 Å². The van der Waals surface area contributed by atoms with E-state index in [-0.39, 0.29) is 30.8 Å². The maximum atomic E-state index is 12.8. The molecule has 2 amide bonds. The molecule has 1 aromatic carbocycles. The van der Waals surface area contributed by atoms with Crippen LogP contribution in [-0.4, -0.2) is 57.3 Å². The zero-order chi connectivity index (χ0) is 21.5. The lowest BCUT2D eigenvalue weighted by molar-refractivity contribution is -0.149. The standard InChI is InChI=1S/C21H27N5O4.ClH/c1-14(21(29)30-12-15-6-3-2-4-7-15)25-19(27)18-8-5-9-26(18)20(28)17(22)10-16-11-23-13-24-16;/h2-4,6-7,11,13-14,17-18H,5,8-10,12,22H2,1H3,(H,23,24)(H,25,27);1H/t14-,17+,18+;/m1./s1. The van der Waals surface area contributed by atoms with E-state index >= 15 is 0 Å². The first-order chi connectivity index (χ1) is 14.5. The number of ether oxygens (including phenoxy) is 1. The highest BCUT2D eigenvalue weighted by Gasteiger charge is 2.37. The Hall–Kier alpha value is -2.91. The van der Waals surface area contributed by atoms with E-state index < -0.39 is 24.1 Å². The second kappa shape index (κ2) is 11.5. The Balaban J connectivity index is 0.00000341. The van der Waals surface area contributed by atoms with Crippen molar-refractivity contribution < 1.29 is 19.1 Å². The molecule has 0 aliphatic carbocycles. The van der Waals surface area contributed by atoms with E-state index in [0.29, 0.717) is 25.8 Å². The van der Waals surface area contributed by atoms with Gasteiger partial charge in [0.1, 0.15) is 18.7 Å². The number of imidazole rings is 1. The first-order valence-corrected chi connectivity index (χ1v) is 10.00. The summed E-state index contributed by atoms with van der Waals surface area (Å²) in [5, 5.41) is 2.66. The third kappa shape index (κ3) is 6.53. The molecule has 0 unspecified atom stereocenters. The van der Waals surface area contributed by atoms with E-state index in [1.165, 1.54) is 11.2 Å². The first kappa shape index (κ1) is 24.4. The summed E-state index contributed by atoms with van der Waals surface area (Å²) in [6, 6.07) is 7.06. The molecule has 3 atom stereocenters. The molecule has 3 rings (SSSR count). The molecule has 31 heavy (non-hydrogen) atoms. The summed E-state index contributed by atoms with van der Waals surface area (Å²) in [6.45, 7) is 2.16. The monoisotopic (exact) mass is 449 g/mol. The summed E-state index contributed by atoms with van der Waals surface area (Å²) in [5.41, 5.74) is 7.67. The van der Waals surface area contributed by atoms with Gasteiger partial charge in [-0.25, -0.2) is 9.78 Å². The van der Waals surface area contributed by atoms with Crippen LogP contribution in [0, 0.1) is 0 Å². The number of H-pyrrole nitrogens is 1. The Bertz CT molecular complexity index is 862. The smallest absolute Gasteiger partial charge is 0.328 e. The number of aromatic amines is 1. The van der Waals surface area contributed by atoms with Crippen LogP contribution in [0.2, 0.25) is 0 Å². The third-order valence-corrected chi connectivity index (χ3v) is 5.09. The lowest BCUT2D eigenvalue weighted by Gasteiger charge is -2.27. The van der Waals surface area contributed by atoms with Crippen molar-refractivity contribution in [1.29, 1.82) is 0 Å². The number of rotatable bonds is 8. The van der Waals surface area contributed by atoms with Crippen LogP contribution in [-0.2, 0) is 32.1 Å².